The van der Waals surface area contributed by atoms with E-state index in [0.717, 1.165) is 0 Å². The fraction of sp³-hybridized carbons (Fsp3) is 0.385. The van der Waals surface area contributed by atoms with Gasteiger partial charge >= 0.3 is 0 Å². The van der Waals surface area contributed by atoms with Crippen molar-refractivity contribution in [2.24, 2.45) is 0 Å². The second-order valence-corrected chi connectivity index (χ2v) is 3.91. The van der Waals surface area contributed by atoms with Gasteiger partial charge in [-0.2, -0.15) is 15.8 Å². The molecule has 0 fully saturated rings. The Hall–Kier alpha value is -2.82. The Kier molecular flexibility index (Phi) is 5.29. The lowest BCUT2D eigenvalue weighted by Gasteiger charge is -2.23. The van der Waals surface area contributed by atoms with E-state index in [1.165, 1.54) is 0 Å². The smallest absolute Gasteiger partial charge is 0.149 e. The van der Waals surface area contributed by atoms with Crippen LogP contribution in [0.25, 0.3) is 0 Å². The van der Waals surface area contributed by atoms with Crippen LogP contribution in [0.5, 0.6) is 0 Å². The molecule has 0 amide bonds. The Bertz CT molecular complexity index is 620. The van der Waals surface area contributed by atoms with E-state index >= 15 is 0 Å². The van der Waals surface area contributed by atoms with Gasteiger partial charge in [-0.15, -0.1) is 0 Å². The summed E-state index contributed by atoms with van der Waals surface area (Å²) < 4.78 is 0. The molecule has 0 atom stereocenters. The number of anilines is 2. The van der Waals surface area contributed by atoms with Gasteiger partial charge in [0.25, 0.3) is 0 Å². The molecule has 0 unspecified atom stereocenters. The van der Waals surface area contributed by atoms with Crippen LogP contribution in [0.1, 0.15) is 23.6 Å². The molecule has 1 heterocycles. The predicted molar refractivity (Wildman–Crippen MR) is 72.4 cm³/mol. The van der Waals surface area contributed by atoms with Crippen molar-refractivity contribution in [2.75, 3.05) is 30.3 Å². The Morgan fingerprint density at radius 1 is 1.25 bits per heavy atom. The highest BCUT2D eigenvalue weighted by Gasteiger charge is 2.21. The first-order valence-electron chi connectivity index (χ1n) is 5.99. The molecule has 7 nitrogen and oxygen atoms in total. The summed E-state index contributed by atoms with van der Waals surface area (Å²) >= 11 is 0. The molecule has 3 N–H and O–H groups in total. The number of aromatic nitrogens is 1. The highest BCUT2D eigenvalue weighted by molar-refractivity contribution is 5.68. The van der Waals surface area contributed by atoms with E-state index in [0.29, 0.717) is 12.4 Å². The minimum absolute atomic E-state index is 0.0110. The molecule has 0 saturated carbocycles. The van der Waals surface area contributed by atoms with E-state index in [-0.39, 0.29) is 42.1 Å². The first-order chi connectivity index (χ1) is 9.64. The van der Waals surface area contributed by atoms with Gasteiger partial charge in [-0.1, -0.05) is 0 Å². The molecule has 0 bridgehead atoms. The van der Waals surface area contributed by atoms with Crippen molar-refractivity contribution < 1.29 is 5.11 Å². The van der Waals surface area contributed by atoms with Gasteiger partial charge in [0.2, 0.25) is 0 Å². The number of hydrogen-bond donors (Lipinski definition) is 2. The van der Waals surface area contributed by atoms with Crippen molar-refractivity contribution in [2.45, 2.75) is 13.3 Å². The van der Waals surface area contributed by atoms with Crippen molar-refractivity contribution >= 4 is 11.6 Å². The number of nitriles is 3. The van der Waals surface area contributed by atoms with Crippen LogP contribution < -0.4 is 10.6 Å². The number of rotatable bonds is 5. The maximum Gasteiger partial charge on any atom is 0.149 e. The molecule has 1 rings (SSSR count). The van der Waals surface area contributed by atoms with Crippen LogP contribution in [0, 0.1) is 34.0 Å². The summed E-state index contributed by atoms with van der Waals surface area (Å²) in [5, 5.41) is 36.3. The Morgan fingerprint density at radius 2 is 1.90 bits per heavy atom. The molecule has 1 aromatic rings. The van der Waals surface area contributed by atoms with Crippen LogP contribution in [-0.4, -0.2) is 29.8 Å². The number of likely N-dealkylation sites (N-methyl/N-ethyl adjacent to an activating group) is 1. The molecule has 1 aromatic heterocycles. The molecule has 0 aromatic carbocycles. The number of nitrogens with zero attached hydrogens (tertiary/aromatic N) is 5. The molecule has 0 aliphatic heterocycles. The molecule has 0 aliphatic carbocycles. The third-order valence-electron chi connectivity index (χ3n) is 2.84. The van der Waals surface area contributed by atoms with E-state index in [9.17, 15) is 5.26 Å². The quantitative estimate of drug-likeness (QED) is 0.785. The number of hydrogen-bond acceptors (Lipinski definition) is 7. The zero-order valence-electron chi connectivity index (χ0n) is 11.1. The maximum atomic E-state index is 9.31. The molecule has 102 valence electrons. The number of nitrogens with two attached hydrogens (primary N) is 1. The summed E-state index contributed by atoms with van der Waals surface area (Å²) in [7, 11) is 0. The molecular formula is C13H14N6O. The fourth-order valence-electron chi connectivity index (χ4n) is 1.90. The van der Waals surface area contributed by atoms with E-state index in [4.69, 9.17) is 21.4 Å². The zero-order valence-corrected chi connectivity index (χ0v) is 11.1. The monoisotopic (exact) mass is 270 g/mol. The van der Waals surface area contributed by atoms with Gasteiger partial charge in [0.05, 0.1) is 24.7 Å². The SMILES string of the molecule is CCN(CCO)c1nc(N)c(C#N)c(CC#N)c1C#N. The summed E-state index contributed by atoms with van der Waals surface area (Å²) in [5.74, 6) is 0.286. The van der Waals surface area contributed by atoms with Crippen LogP contribution >= 0.6 is 0 Å². The van der Waals surface area contributed by atoms with E-state index in [1.807, 2.05) is 25.1 Å². The second kappa shape index (κ2) is 6.94. The van der Waals surface area contributed by atoms with Crippen LogP contribution in [0.15, 0.2) is 0 Å². The average Bonchev–Trinajstić information content (AvgIpc) is 2.45. The van der Waals surface area contributed by atoms with Crippen LogP contribution in [0.3, 0.4) is 0 Å². The maximum absolute atomic E-state index is 9.31. The normalized spacial score (nSPS) is 9.35. The third-order valence-corrected chi connectivity index (χ3v) is 2.84. The highest BCUT2D eigenvalue weighted by Crippen LogP contribution is 2.27. The number of pyridine rings is 1. The van der Waals surface area contributed by atoms with E-state index in [1.54, 1.807) is 4.90 Å². The minimum Gasteiger partial charge on any atom is -0.395 e. The highest BCUT2D eigenvalue weighted by atomic mass is 16.3. The summed E-state index contributed by atoms with van der Waals surface area (Å²) in [6.45, 7) is 2.54. The summed E-state index contributed by atoms with van der Waals surface area (Å²) in [4.78, 5) is 5.76. The van der Waals surface area contributed by atoms with Crippen LogP contribution in [-0.2, 0) is 6.42 Å². The van der Waals surface area contributed by atoms with E-state index < -0.39 is 0 Å². The largest absolute Gasteiger partial charge is 0.395 e. The van der Waals surface area contributed by atoms with Gasteiger partial charge in [-0.25, -0.2) is 4.98 Å². The number of aliphatic hydroxyl groups excluding tert-OH is 1. The van der Waals surface area contributed by atoms with Crippen molar-refractivity contribution in [3.8, 4) is 18.2 Å². The van der Waals surface area contributed by atoms with Gasteiger partial charge in [0.15, 0.2) is 0 Å². The van der Waals surface area contributed by atoms with Gasteiger partial charge in [0.1, 0.15) is 29.3 Å². The lowest BCUT2D eigenvalue weighted by Crippen LogP contribution is -2.29. The molecule has 0 saturated heterocycles. The van der Waals surface area contributed by atoms with Crippen LogP contribution in [0.2, 0.25) is 0 Å². The Balaban J connectivity index is 3.59. The predicted octanol–water partition coefficient (Wildman–Crippen LogP) is 0.292. The molecule has 20 heavy (non-hydrogen) atoms. The van der Waals surface area contributed by atoms with Crippen molar-refractivity contribution in [3.05, 3.63) is 16.7 Å². The topological polar surface area (TPSA) is 134 Å². The first-order valence-corrected chi connectivity index (χ1v) is 5.99. The standard InChI is InChI=1S/C13H14N6O/c1-2-19(5-6-20)13-11(8-16)9(3-4-14)10(7-15)12(17)18-13/h20H,2-3,5-6H2,1H3,(H2,17,18). The zero-order chi connectivity index (χ0) is 15.1. The van der Waals surface area contributed by atoms with Crippen LogP contribution in [0.4, 0.5) is 11.6 Å². The Labute approximate surface area is 117 Å². The molecule has 0 spiro atoms. The van der Waals surface area contributed by atoms with Gasteiger partial charge < -0.3 is 15.7 Å². The fourth-order valence-corrected chi connectivity index (χ4v) is 1.90. The molecule has 7 heteroatoms. The van der Waals surface area contributed by atoms with Gasteiger partial charge in [0, 0.05) is 18.7 Å². The van der Waals surface area contributed by atoms with Crippen molar-refractivity contribution in [3.63, 3.8) is 0 Å². The van der Waals surface area contributed by atoms with Gasteiger partial charge in [-0.3, -0.25) is 0 Å². The summed E-state index contributed by atoms with van der Waals surface area (Å²) in [5.41, 5.74) is 6.24. The third kappa shape index (κ3) is 2.77. The number of nitrogen functional groups attached to an aromatic ring is 1. The molecular weight excluding hydrogens is 256 g/mol. The van der Waals surface area contributed by atoms with E-state index in [2.05, 4.69) is 4.98 Å². The second-order valence-electron chi connectivity index (χ2n) is 3.91. The summed E-state index contributed by atoms with van der Waals surface area (Å²) in [6, 6.07) is 5.79. The molecule has 0 aliphatic rings. The first kappa shape index (κ1) is 15.2. The Morgan fingerprint density at radius 3 is 2.35 bits per heavy atom. The van der Waals surface area contributed by atoms with Crippen molar-refractivity contribution in [1.82, 2.24) is 4.98 Å². The minimum atomic E-state index is -0.103. The molecule has 0 radical (unpaired) electrons. The van der Waals surface area contributed by atoms with Crippen molar-refractivity contribution in [1.29, 1.82) is 15.8 Å². The summed E-state index contributed by atoms with van der Waals surface area (Å²) in [6.07, 6.45) is -0.0951. The number of aliphatic hydroxyl groups is 1. The van der Waals surface area contributed by atoms with Gasteiger partial charge in [-0.05, 0) is 6.92 Å². The average molecular weight is 270 g/mol. The lowest BCUT2D eigenvalue weighted by molar-refractivity contribution is 0.302. The lowest BCUT2D eigenvalue weighted by atomic mass is 10.0.